The van der Waals surface area contributed by atoms with Crippen LogP contribution in [0.15, 0.2) is 0 Å². The molecule has 0 bridgehead atoms. The molecule has 1 fully saturated rings. The average Bonchev–Trinajstić information content (AvgIpc) is 2.40. The van der Waals surface area contributed by atoms with E-state index in [-0.39, 0.29) is 11.5 Å². The fourth-order valence-electron chi connectivity index (χ4n) is 2.77. The molecule has 0 aromatic rings. The Balaban J connectivity index is 2.38. The van der Waals surface area contributed by atoms with E-state index >= 15 is 0 Å². The van der Waals surface area contributed by atoms with Gasteiger partial charge >= 0.3 is 0 Å². The number of carbonyl (C=O) groups excluding carboxylic acids is 1. The Morgan fingerprint density at radius 3 is 2.55 bits per heavy atom. The minimum absolute atomic E-state index is 0.0872. The third kappa shape index (κ3) is 4.43. The van der Waals surface area contributed by atoms with Crippen LogP contribution in [-0.2, 0) is 9.53 Å². The predicted octanol–water partition coefficient (Wildman–Crippen LogP) is 0.979. The summed E-state index contributed by atoms with van der Waals surface area (Å²) in [7, 11) is 0. The molecule has 5 nitrogen and oxygen atoms in total. The van der Waals surface area contributed by atoms with Gasteiger partial charge in [-0.1, -0.05) is 13.8 Å². The molecule has 0 spiro atoms. The first-order chi connectivity index (χ1) is 9.39. The van der Waals surface area contributed by atoms with Gasteiger partial charge in [0.05, 0.1) is 17.6 Å². The topological polar surface area (TPSA) is 67.6 Å². The van der Waals surface area contributed by atoms with E-state index in [9.17, 15) is 4.79 Å². The van der Waals surface area contributed by atoms with E-state index in [1.54, 1.807) is 0 Å². The number of ether oxygens (including phenoxy) is 1. The summed E-state index contributed by atoms with van der Waals surface area (Å²) < 4.78 is 5.68. The van der Waals surface area contributed by atoms with Crippen LogP contribution in [0, 0.1) is 5.41 Å². The van der Waals surface area contributed by atoms with Gasteiger partial charge in [0.25, 0.3) is 0 Å². The van der Waals surface area contributed by atoms with Crippen molar-refractivity contribution in [2.24, 2.45) is 11.1 Å². The molecule has 0 atom stereocenters. The largest absolute Gasteiger partial charge is 0.373 e. The number of nitrogens with one attached hydrogen (secondary N) is 1. The van der Waals surface area contributed by atoms with E-state index in [1.165, 1.54) is 0 Å². The highest BCUT2D eigenvalue weighted by atomic mass is 16.5. The molecule has 20 heavy (non-hydrogen) atoms. The summed E-state index contributed by atoms with van der Waals surface area (Å²) in [5.74, 6) is 0.0949. The maximum Gasteiger partial charge on any atom is 0.227 e. The molecular formula is C15H31N3O2. The molecule has 0 unspecified atom stereocenters. The van der Waals surface area contributed by atoms with Crippen molar-refractivity contribution in [3.8, 4) is 0 Å². The monoisotopic (exact) mass is 285 g/mol. The van der Waals surface area contributed by atoms with Crippen molar-refractivity contribution in [1.29, 1.82) is 0 Å². The lowest BCUT2D eigenvalue weighted by Crippen LogP contribution is -2.51. The van der Waals surface area contributed by atoms with Crippen LogP contribution in [0.3, 0.4) is 0 Å². The minimum Gasteiger partial charge on any atom is -0.373 e. The molecule has 0 aromatic carbocycles. The second-order valence-corrected chi connectivity index (χ2v) is 6.33. The highest BCUT2D eigenvalue weighted by molar-refractivity contribution is 5.82. The normalized spacial score (nSPS) is 19.9. The van der Waals surface area contributed by atoms with E-state index < -0.39 is 5.41 Å². The lowest BCUT2D eigenvalue weighted by Gasteiger charge is -2.38. The van der Waals surface area contributed by atoms with Gasteiger partial charge in [-0.25, -0.2) is 0 Å². The van der Waals surface area contributed by atoms with Gasteiger partial charge in [0, 0.05) is 32.7 Å². The van der Waals surface area contributed by atoms with Gasteiger partial charge in [-0.05, 0) is 26.7 Å². The van der Waals surface area contributed by atoms with Crippen molar-refractivity contribution in [3.63, 3.8) is 0 Å². The van der Waals surface area contributed by atoms with Crippen LogP contribution in [0.5, 0.6) is 0 Å². The number of morpholine rings is 1. The SMILES string of the molecule is CCC(CC)(CN)C(=O)NCCN1CCOC(C)(C)C1. The molecule has 0 aliphatic carbocycles. The molecule has 1 heterocycles. The highest BCUT2D eigenvalue weighted by Crippen LogP contribution is 2.24. The molecule has 0 radical (unpaired) electrons. The zero-order chi connectivity index (χ0) is 15.2. The van der Waals surface area contributed by atoms with Crippen LogP contribution < -0.4 is 11.1 Å². The van der Waals surface area contributed by atoms with Crippen LogP contribution >= 0.6 is 0 Å². The molecule has 1 amide bonds. The first kappa shape index (κ1) is 17.4. The molecular weight excluding hydrogens is 254 g/mol. The highest BCUT2D eigenvalue weighted by Gasteiger charge is 2.33. The zero-order valence-electron chi connectivity index (χ0n) is 13.5. The second-order valence-electron chi connectivity index (χ2n) is 6.33. The lowest BCUT2D eigenvalue weighted by molar-refractivity contribution is -0.131. The Morgan fingerprint density at radius 2 is 2.05 bits per heavy atom. The summed E-state index contributed by atoms with van der Waals surface area (Å²) in [6.07, 6.45) is 1.58. The fourth-order valence-corrected chi connectivity index (χ4v) is 2.77. The summed E-state index contributed by atoms with van der Waals surface area (Å²) in [5.41, 5.74) is 5.31. The molecule has 1 saturated heterocycles. The summed E-state index contributed by atoms with van der Waals surface area (Å²) >= 11 is 0. The van der Waals surface area contributed by atoms with E-state index in [0.717, 1.165) is 39.1 Å². The third-order valence-corrected chi connectivity index (χ3v) is 4.44. The molecule has 0 aromatic heterocycles. The number of rotatable bonds is 7. The molecule has 5 heteroatoms. The van der Waals surface area contributed by atoms with E-state index in [0.29, 0.717) is 13.1 Å². The average molecular weight is 285 g/mol. The number of hydrogen-bond acceptors (Lipinski definition) is 4. The number of carbonyl (C=O) groups is 1. The van der Waals surface area contributed by atoms with Gasteiger partial charge in [0.15, 0.2) is 0 Å². The fraction of sp³-hybridized carbons (Fsp3) is 0.933. The van der Waals surface area contributed by atoms with Crippen LogP contribution in [0.4, 0.5) is 0 Å². The quantitative estimate of drug-likeness (QED) is 0.732. The number of nitrogens with zero attached hydrogens (tertiary/aromatic N) is 1. The molecule has 0 saturated carbocycles. The number of hydrogen-bond donors (Lipinski definition) is 2. The zero-order valence-corrected chi connectivity index (χ0v) is 13.5. The van der Waals surface area contributed by atoms with Crippen molar-refractivity contribution < 1.29 is 9.53 Å². The molecule has 118 valence electrons. The Kier molecular flexibility index (Phi) is 6.43. The first-order valence-corrected chi connectivity index (χ1v) is 7.74. The summed E-state index contributed by atoms with van der Waals surface area (Å²) in [6, 6.07) is 0. The molecule has 1 aliphatic rings. The maximum absolute atomic E-state index is 12.3. The van der Waals surface area contributed by atoms with Gasteiger partial charge in [0.2, 0.25) is 5.91 Å². The van der Waals surface area contributed by atoms with Crippen LogP contribution in [0.2, 0.25) is 0 Å². The van der Waals surface area contributed by atoms with Crippen molar-refractivity contribution in [1.82, 2.24) is 10.2 Å². The van der Waals surface area contributed by atoms with Gasteiger partial charge < -0.3 is 15.8 Å². The second kappa shape index (κ2) is 7.38. The van der Waals surface area contributed by atoms with Crippen LogP contribution in [0.25, 0.3) is 0 Å². The molecule has 1 rings (SSSR count). The van der Waals surface area contributed by atoms with E-state index in [1.807, 2.05) is 13.8 Å². The standard InChI is InChI=1S/C15H31N3O2/c1-5-15(6-2,11-16)13(19)17-7-8-18-9-10-20-14(3,4)12-18/h5-12,16H2,1-4H3,(H,17,19). The molecule has 3 N–H and O–H groups in total. The summed E-state index contributed by atoms with van der Waals surface area (Å²) in [6.45, 7) is 12.8. The van der Waals surface area contributed by atoms with Crippen LogP contribution in [-0.4, -0.2) is 55.7 Å². The van der Waals surface area contributed by atoms with Gasteiger partial charge in [0.1, 0.15) is 0 Å². The summed E-state index contributed by atoms with van der Waals surface area (Å²) in [4.78, 5) is 14.6. The molecule has 1 aliphatic heterocycles. The Hall–Kier alpha value is -0.650. The van der Waals surface area contributed by atoms with Gasteiger partial charge in [-0.15, -0.1) is 0 Å². The van der Waals surface area contributed by atoms with E-state index in [4.69, 9.17) is 10.5 Å². The lowest BCUT2D eigenvalue weighted by atomic mass is 9.81. The van der Waals surface area contributed by atoms with Crippen molar-refractivity contribution in [2.75, 3.05) is 39.3 Å². The van der Waals surface area contributed by atoms with Crippen molar-refractivity contribution in [3.05, 3.63) is 0 Å². The smallest absolute Gasteiger partial charge is 0.227 e. The Morgan fingerprint density at radius 1 is 1.40 bits per heavy atom. The first-order valence-electron chi connectivity index (χ1n) is 7.74. The van der Waals surface area contributed by atoms with Gasteiger partial charge in [-0.3, -0.25) is 9.69 Å². The Bertz CT molecular complexity index is 306. The summed E-state index contributed by atoms with van der Waals surface area (Å²) in [5, 5.41) is 3.05. The minimum atomic E-state index is -0.399. The van der Waals surface area contributed by atoms with Crippen LogP contribution in [0.1, 0.15) is 40.5 Å². The Labute approximate surface area is 123 Å². The number of nitrogens with two attached hydrogens (primary N) is 1. The van der Waals surface area contributed by atoms with Crippen molar-refractivity contribution >= 4 is 5.91 Å². The number of amides is 1. The van der Waals surface area contributed by atoms with Crippen molar-refractivity contribution in [2.45, 2.75) is 46.1 Å². The van der Waals surface area contributed by atoms with Gasteiger partial charge in [-0.2, -0.15) is 0 Å². The predicted molar refractivity (Wildman–Crippen MR) is 81.6 cm³/mol. The third-order valence-electron chi connectivity index (χ3n) is 4.44. The maximum atomic E-state index is 12.3. The van der Waals surface area contributed by atoms with E-state index in [2.05, 4.69) is 24.1 Å².